The van der Waals surface area contributed by atoms with Crippen LogP contribution in [-0.2, 0) is 24.0 Å². The second-order valence-electron chi connectivity index (χ2n) is 6.31. The summed E-state index contributed by atoms with van der Waals surface area (Å²) >= 11 is 0. The third-order valence-corrected chi connectivity index (χ3v) is 4.13. The number of nitrogens with two attached hydrogens (primary N) is 2. The molecule has 0 radical (unpaired) electrons. The molecular weight excluding hydrogens is 360 g/mol. The zero-order valence-corrected chi connectivity index (χ0v) is 15.4. The van der Waals surface area contributed by atoms with E-state index in [1.165, 1.54) is 0 Å². The molecular formula is C16H28N4O7. The lowest BCUT2D eigenvalue weighted by atomic mass is 9.98. The van der Waals surface area contributed by atoms with Crippen LogP contribution in [0, 0.1) is 5.92 Å². The maximum atomic E-state index is 12.4. The smallest absolute Gasteiger partial charge is 0.326 e. The van der Waals surface area contributed by atoms with Crippen LogP contribution in [0.15, 0.2) is 0 Å². The zero-order chi connectivity index (χ0) is 21.1. The quantitative estimate of drug-likeness (QED) is 0.220. The highest BCUT2D eigenvalue weighted by molar-refractivity contribution is 5.92. The van der Waals surface area contributed by atoms with Crippen LogP contribution in [0.25, 0.3) is 0 Å². The molecule has 0 bridgehead atoms. The first-order valence-electron chi connectivity index (χ1n) is 8.58. The Morgan fingerprint density at radius 2 is 1.44 bits per heavy atom. The minimum absolute atomic E-state index is 0.171. The van der Waals surface area contributed by atoms with Crippen molar-refractivity contribution < 1.29 is 34.2 Å². The van der Waals surface area contributed by atoms with E-state index >= 15 is 0 Å². The summed E-state index contributed by atoms with van der Waals surface area (Å²) in [5.41, 5.74) is 10.8. The fourth-order valence-corrected chi connectivity index (χ4v) is 2.13. The summed E-state index contributed by atoms with van der Waals surface area (Å²) < 4.78 is 0. The van der Waals surface area contributed by atoms with Gasteiger partial charge in [-0.3, -0.25) is 19.2 Å². The van der Waals surface area contributed by atoms with Crippen molar-refractivity contribution in [1.29, 1.82) is 0 Å². The molecule has 0 rings (SSSR count). The van der Waals surface area contributed by atoms with Crippen LogP contribution in [-0.4, -0.2) is 58.0 Å². The van der Waals surface area contributed by atoms with E-state index in [1.54, 1.807) is 6.92 Å². The van der Waals surface area contributed by atoms with E-state index < -0.39 is 54.2 Å². The van der Waals surface area contributed by atoms with Crippen molar-refractivity contribution in [3.05, 3.63) is 0 Å². The van der Waals surface area contributed by atoms with Gasteiger partial charge in [0.1, 0.15) is 12.1 Å². The fraction of sp³-hybridized carbons (Fsp3) is 0.688. The van der Waals surface area contributed by atoms with Gasteiger partial charge in [0, 0.05) is 12.8 Å². The summed E-state index contributed by atoms with van der Waals surface area (Å²) in [6, 6.07) is -3.59. The Kier molecular flexibility index (Phi) is 10.7. The lowest BCUT2D eigenvalue weighted by Crippen LogP contribution is -2.55. The Morgan fingerprint density at radius 1 is 0.926 bits per heavy atom. The first kappa shape index (κ1) is 24.3. The predicted molar refractivity (Wildman–Crippen MR) is 94.2 cm³/mol. The maximum absolute atomic E-state index is 12.4. The van der Waals surface area contributed by atoms with Crippen molar-refractivity contribution in [2.75, 3.05) is 0 Å². The highest BCUT2D eigenvalue weighted by Crippen LogP contribution is 2.07. The lowest BCUT2D eigenvalue weighted by Gasteiger charge is -2.24. The number of primary amides is 1. The SMILES string of the molecule is CCC(C)C(N)C(=O)NC(CCC(=O)O)C(=O)NC(CCC(N)=O)C(=O)O. The topological polar surface area (TPSA) is 202 Å². The van der Waals surface area contributed by atoms with Crippen LogP contribution in [0.1, 0.15) is 46.0 Å². The summed E-state index contributed by atoms with van der Waals surface area (Å²) in [5.74, 6) is -4.99. The highest BCUT2D eigenvalue weighted by atomic mass is 16.4. The van der Waals surface area contributed by atoms with E-state index in [0.717, 1.165) is 0 Å². The lowest BCUT2D eigenvalue weighted by molar-refractivity contribution is -0.143. The number of hydrogen-bond acceptors (Lipinski definition) is 6. The minimum Gasteiger partial charge on any atom is -0.481 e. The molecule has 4 unspecified atom stereocenters. The van der Waals surface area contributed by atoms with Crippen LogP contribution in [0.2, 0.25) is 0 Å². The molecule has 0 aromatic rings. The van der Waals surface area contributed by atoms with Gasteiger partial charge >= 0.3 is 11.9 Å². The van der Waals surface area contributed by atoms with Crippen molar-refractivity contribution in [3.63, 3.8) is 0 Å². The van der Waals surface area contributed by atoms with Gasteiger partial charge in [-0.1, -0.05) is 20.3 Å². The van der Waals surface area contributed by atoms with Gasteiger partial charge in [0.05, 0.1) is 6.04 Å². The number of carbonyl (C=O) groups is 5. The molecule has 0 heterocycles. The largest absolute Gasteiger partial charge is 0.481 e. The average molecular weight is 388 g/mol. The second kappa shape index (κ2) is 11.8. The monoisotopic (exact) mass is 388 g/mol. The number of rotatable bonds is 13. The van der Waals surface area contributed by atoms with Gasteiger partial charge in [-0.05, 0) is 18.8 Å². The molecule has 3 amide bonds. The fourth-order valence-electron chi connectivity index (χ4n) is 2.13. The summed E-state index contributed by atoms with van der Waals surface area (Å²) in [5, 5.41) is 22.5. The first-order chi connectivity index (χ1) is 12.5. The van der Waals surface area contributed by atoms with Gasteiger partial charge in [0.25, 0.3) is 0 Å². The summed E-state index contributed by atoms with van der Waals surface area (Å²) in [6.45, 7) is 3.59. The Bertz CT molecular complexity index is 567. The van der Waals surface area contributed by atoms with E-state index in [4.69, 9.17) is 21.7 Å². The van der Waals surface area contributed by atoms with Crippen LogP contribution in [0.4, 0.5) is 0 Å². The van der Waals surface area contributed by atoms with Gasteiger partial charge < -0.3 is 32.3 Å². The van der Waals surface area contributed by atoms with Crippen molar-refractivity contribution in [2.45, 2.75) is 64.1 Å². The molecule has 154 valence electrons. The highest BCUT2D eigenvalue weighted by Gasteiger charge is 2.29. The van der Waals surface area contributed by atoms with Gasteiger partial charge in [-0.25, -0.2) is 4.79 Å². The normalized spacial score (nSPS) is 15.1. The van der Waals surface area contributed by atoms with Crippen LogP contribution >= 0.6 is 0 Å². The van der Waals surface area contributed by atoms with Crippen molar-refractivity contribution in [2.24, 2.45) is 17.4 Å². The number of aliphatic carboxylic acids is 2. The van der Waals surface area contributed by atoms with Crippen LogP contribution < -0.4 is 22.1 Å². The van der Waals surface area contributed by atoms with Crippen molar-refractivity contribution in [3.8, 4) is 0 Å². The van der Waals surface area contributed by atoms with Crippen molar-refractivity contribution in [1.82, 2.24) is 10.6 Å². The molecule has 0 aliphatic rings. The third kappa shape index (κ3) is 9.54. The number of hydrogen-bond donors (Lipinski definition) is 6. The Morgan fingerprint density at radius 3 is 1.89 bits per heavy atom. The molecule has 0 saturated heterocycles. The predicted octanol–water partition coefficient (Wildman–Crippen LogP) is -1.46. The first-order valence-corrected chi connectivity index (χ1v) is 8.58. The minimum atomic E-state index is -1.41. The molecule has 0 fully saturated rings. The van der Waals surface area contributed by atoms with Crippen molar-refractivity contribution >= 4 is 29.7 Å². The van der Waals surface area contributed by atoms with E-state index in [-0.39, 0.29) is 25.2 Å². The molecule has 0 spiro atoms. The van der Waals surface area contributed by atoms with Gasteiger partial charge in [0.15, 0.2) is 0 Å². The van der Waals surface area contributed by atoms with Crippen LogP contribution in [0.5, 0.6) is 0 Å². The number of amides is 3. The number of nitrogens with one attached hydrogen (secondary N) is 2. The molecule has 11 heteroatoms. The number of carbonyl (C=O) groups excluding carboxylic acids is 3. The molecule has 27 heavy (non-hydrogen) atoms. The summed E-state index contributed by atoms with van der Waals surface area (Å²) in [7, 11) is 0. The molecule has 11 nitrogen and oxygen atoms in total. The zero-order valence-electron chi connectivity index (χ0n) is 15.4. The van der Waals surface area contributed by atoms with E-state index in [0.29, 0.717) is 6.42 Å². The molecule has 0 aromatic carbocycles. The molecule has 4 atom stereocenters. The molecule has 0 aliphatic carbocycles. The summed E-state index contributed by atoms with van der Waals surface area (Å²) in [4.78, 5) is 57.4. The average Bonchev–Trinajstić information content (AvgIpc) is 2.59. The number of carboxylic acids is 2. The van der Waals surface area contributed by atoms with E-state index in [2.05, 4.69) is 10.6 Å². The Balaban J connectivity index is 5.15. The van der Waals surface area contributed by atoms with Gasteiger partial charge in [0.2, 0.25) is 17.7 Å². The van der Waals surface area contributed by atoms with Gasteiger partial charge in [-0.2, -0.15) is 0 Å². The standard InChI is InChI=1S/C16H28N4O7/c1-3-8(2)13(18)15(25)19-9(5-7-12(22)23)14(24)20-10(16(26)27)4-6-11(17)21/h8-10,13H,3-7,18H2,1-2H3,(H2,17,21)(H,19,25)(H,20,24)(H,22,23)(H,26,27). The summed E-state index contributed by atoms with van der Waals surface area (Å²) in [6.07, 6.45) is -0.544. The van der Waals surface area contributed by atoms with Crippen LogP contribution in [0.3, 0.4) is 0 Å². The number of carboxylic acid groups (broad SMARTS) is 2. The Hall–Kier alpha value is -2.69. The maximum Gasteiger partial charge on any atom is 0.326 e. The molecule has 0 aromatic heterocycles. The van der Waals surface area contributed by atoms with Gasteiger partial charge in [-0.15, -0.1) is 0 Å². The molecule has 0 saturated carbocycles. The Labute approximate surface area is 156 Å². The second-order valence-corrected chi connectivity index (χ2v) is 6.31. The van der Waals surface area contributed by atoms with E-state index in [9.17, 15) is 24.0 Å². The third-order valence-electron chi connectivity index (χ3n) is 4.13. The molecule has 8 N–H and O–H groups in total. The molecule has 0 aliphatic heterocycles. The van der Waals surface area contributed by atoms with E-state index in [1.807, 2.05) is 6.92 Å².